The zero-order chi connectivity index (χ0) is 9.90. The van der Waals surface area contributed by atoms with Crippen molar-refractivity contribution in [2.24, 2.45) is 11.7 Å². The van der Waals surface area contributed by atoms with Gasteiger partial charge in [-0.1, -0.05) is 6.92 Å². The second-order valence-corrected chi connectivity index (χ2v) is 5.02. The topological polar surface area (TPSA) is 29.3 Å². The van der Waals surface area contributed by atoms with Crippen LogP contribution in [0.15, 0.2) is 0 Å². The molecule has 0 bridgehead atoms. The van der Waals surface area contributed by atoms with E-state index in [4.69, 9.17) is 5.73 Å². The highest BCUT2D eigenvalue weighted by molar-refractivity contribution is 4.84. The lowest BCUT2D eigenvalue weighted by Gasteiger charge is -2.42. The van der Waals surface area contributed by atoms with Gasteiger partial charge in [-0.2, -0.15) is 0 Å². The molecule has 0 aromatic rings. The third-order valence-corrected chi connectivity index (χ3v) is 3.40. The fraction of sp³-hybridized carbons (Fsp3) is 1.00. The summed E-state index contributed by atoms with van der Waals surface area (Å²) < 4.78 is 0. The van der Waals surface area contributed by atoms with Crippen LogP contribution in [-0.4, -0.2) is 30.1 Å². The summed E-state index contributed by atoms with van der Waals surface area (Å²) in [5.41, 5.74) is 5.94. The Morgan fingerprint density at radius 1 is 1.31 bits per heavy atom. The van der Waals surface area contributed by atoms with E-state index in [1.54, 1.807) is 0 Å². The minimum atomic E-state index is 0.314. The van der Waals surface area contributed by atoms with Crippen molar-refractivity contribution in [3.63, 3.8) is 0 Å². The molecule has 0 aromatic heterocycles. The van der Waals surface area contributed by atoms with Crippen LogP contribution in [0, 0.1) is 5.92 Å². The van der Waals surface area contributed by atoms with Gasteiger partial charge in [0, 0.05) is 5.54 Å². The lowest BCUT2D eigenvalue weighted by atomic mass is 9.91. The SMILES string of the molecule is CC1CCN(C(C)(C)CCN)CC1. The Morgan fingerprint density at radius 2 is 1.85 bits per heavy atom. The van der Waals surface area contributed by atoms with Crippen LogP contribution in [0.3, 0.4) is 0 Å². The van der Waals surface area contributed by atoms with E-state index in [9.17, 15) is 0 Å². The molecule has 78 valence electrons. The number of hydrogen-bond donors (Lipinski definition) is 1. The van der Waals surface area contributed by atoms with Crippen molar-refractivity contribution in [2.75, 3.05) is 19.6 Å². The summed E-state index contributed by atoms with van der Waals surface area (Å²) in [4.78, 5) is 2.60. The summed E-state index contributed by atoms with van der Waals surface area (Å²) in [7, 11) is 0. The zero-order valence-electron chi connectivity index (χ0n) is 9.34. The molecular weight excluding hydrogens is 160 g/mol. The molecule has 0 unspecified atom stereocenters. The van der Waals surface area contributed by atoms with Crippen LogP contribution in [0.4, 0.5) is 0 Å². The molecule has 0 atom stereocenters. The smallest absolute Gasteiger partial charge is 0.0165 e. The number of rotatable bonds is 3. The Hall–Kier alpha value is -0.0800. The first-order valence-electron chi connectivity index (χ1n) is 5.51. The predicted octanol–water partition coefficient (Wildman–Crippen LogP) is 1.85. The lowest BCUT2D eigenvalue weighted by Crippen LogP contribution is -2.48. The zero-order valence-corrected chi connectivity index (χ0v) is 9.34. The molecule has 0 aliphatic carbocycles. The average Bonchev–Trinajstić information content (AvgIpc) is 2.05. The van der Waals surface area contributed by atoms with E-state index >= 15 is 0 Å². The second kappa shape index (κ2) is 4.43. The van der Waals surface area contributed by atoms with Gasteiger partial charge >= 0.3 is 0 Å². The van der Waals surface area contributed by atoms with Gasteiger partial charge in [-0.05, 0) is 58.7 Å². The minimum absolute atomic E-state index is 0.314. The van der Waals surface area contributed by atoms with Crippen molar-refractivity contribution in [3.8, 4) is 0 Å². The summed E-state index contributed by atoms with van der Waals surface area (Å²) >= 11 is 0. The number of hydrogen-bond acceptors (Lipinski definition) is 2. The maximum atomic E-state index is 5.62. The molecule has 1 rings (SSSR count). The maximum Gasteiger partial charge on any atom is 0.0165 e. The molecule has 2 N–H and O–H groups in total. The van der Waals surface area contributed by atoms with Crippen molar-refractivity contribution >= 4 is 0 Å². The van der Waals surface area contributed by atoms with Gasteiger partial charge in [0.15, 0.2) is 0 Å². The van der Waals surface area contributed by atoms with Crippen LogP contribution >= 0.6 is 0 Å². The predicted molar refractivity (Wildman–Crippen MR) is 57.7 cm³/mol. The third-order valence-electron chi connectivity index (χ3n) is 3.40. The fourth-order valence-corrected chi connectivity index (χ4v) is 2.13. The Bertz CT molecular complexity index is 146. The van der Waals surface area contributed by atoms with E-state index in [1.165, 1.54) is 25.9 Å². The normalized spacial score (nSPS) is 22.2. The van der Waals surface area contributed by atoms with Gasteiger partial charge in [0.05, 0.1) is 0 Å². The molecule has 1 aliphatic rings. The van der Waals surface area contributed by atoms with Crippen LogP contribution in [0.25, 0.3) is 0 Å². The van der Waals surface area contributed by atoms with Crippen molar-refractivity contribution in [1.82, 2.24) is 4.90 Å². The highest BCUT2D eigenvalue weighted by atomic mass is 15.2. The van der Waals surface area contributed by atoms with Gasteiger partial charge in [0.1, 0.15) is 0 Å². The van der Waals surface area contributed by atoms with Crippen molar-refractivity contribution in [3.05, 3.63) is 0 Å². The van der Waals surface area contributed by atoms with Crippen LogP contribution < -0.4 is 5.73 Å². The quantitative estimate of drug-likeness (QED) is 0.725. The van der Waals surface area contributed by atoms with Crippen molar-refractivity contribution in [1.29, 1.82) is 0 Å². The van der Waals surface area contributed by atoms with Crippen molar-refractivity contribution in [2.45, 2.75) is 45.6 Å². The Labute approximate surface area is 82.5 Å². The molecule has 0 amide bonds. The second-order valence-electron chi connectivity index (χ2n) is 5.02. The monoisotopic (exact) mass is 184 g/mol. The first-order chi connectivity index (χ1) is 6.06. The molecule has 1 aliphatic heterocycles. The Morgan fingerprint density at radius 3 is 2.31 bits per heavy atom. The highest BCUT2D eigenvalue weighted by Crippen LogP contribution is 2.25. The molecule has 0 aromatic carbocycles. The largest absolute Gasteiger partial charge is 0.330 e. The average molecular weight is 184 g/mol. The van der Waals surface area contributed by atoms with Crippen LogP contribution in [-0.2, 0) is 0 Å². The van der Waals surface area contributed by atoms with E-state index in [-0.39, 0.29) is 0 Å². The summed E-state index contributed by atoms with van der Waals surface area (Å²) in [6, 6.07) is 0. The standard InChI is InChI=1S/C11H24N2/c1-10-4-8-13(9-5-10)11(2,3)6-7-12/h10H,4-9,12H2,1-3H3. The number of piperidine rings is 1. The number of nitrogens with two attached hydrogens (primary N) is 1. The molecule has 1 saturated heterocycles. The molecule has 13 heavy (non-hydrogen) atoms. The fourth-order valence-electron chi connectivity index (χ4n) is 2.13. The van der Waals surface area contributed by atoms with Crippen LogP contribution in [0.5, 0.6) is 0 Å². The van der Waals surface area contributed by atoms with Crippen LogP contribution in [0.1, 0.15) is 40.0 Å². The first-order valence-corrected chi connectivity index (χ1v) is 5.51. The molecule has 2 heteroatoms. The van der Waals surface area contributed by atoms with Gasteiger partial charge in [0.2, 0.25) is 0 Å². The summed E-state index contributed by atoms with van der Waals surface area (Å²) in [5.74, 6) is 0.921. The molecule has 2 nitrogen and oxygen atoms in total. The molecule has 0 saturated carbocycles. The van der Waals surface area contributed by atoms with E-state index in [2.05, 4.69) is 25.7 Å². The van der Waals surface area contributed by atoms with Crippen LogP contribution in [0.2, 0.25) is 0 Å². The molecule has 1 fully saturated rings. The highest BCUT2D eigenvalue weighted by Gasteiger charge is 2.28. The van der Waals surface area contributed by atoms with Crippen molar-refractivity contribution < 1.29 is 0 Å². The molecule has 0 spiro atoms. The maximum absolute atomic E-state index is 5.62. The minimum Gasteiger partial charge on any atom is -0.330 e. The molecule has 1 heterocycles. The molecule has 0 radical (unpaired) electrons. The van der Waals surface area contributed by atoms with E-state index in [0.717, 1.165) is 18.9 Å². The number of nitrogens with zero attached hydrogens (tertiary/aromatic N) is 1. The van der Waals surface area contributed by atoms with E-state index in [1.807, 2.05) is 0 Å². The van der Waals surface area contributed by atoms with Gasteiger partial charge in [-0.15, -0.1) is 0 Å². The number of likely N-dealkylation sites (tertiary alicyclic amines) is 1. The van der Waals surface area contributed by atoms with Gasteiger partial charge in [0.25, 0.3) is 0 Å². The summed E-state index contributed by atoms with van der Waals surface area (Å²) in [5, 5.41) is 0. The van der Waals surface area contributed by atoms with E-state index in [0.29, 0.717) is 5.54 Å². The first kappa shape index (κ1) is 11.0. The van der Waals surface area contributed by atoms with Gasteiger partial charge in [-0.25, -0.2) is 0 Å². The molecular formula is C11H24N2. The summed E-state index contributed by atoms with van der Waals surface area (Å²) in [6.07, 6.45) is 3.82. The Kier molecular flexibility index (Phi) is 3.74. The van der Waals surface area contributed by atoms with E-state index < -0.39 is 0 Å². The lowest BCUT2D eigenvalue weighted by molar-refractivity contribution is 0.0736. The summed E-state index contributed by atoms with van der Waals surface area (Å²) in [6.45, 7) is 10.3. The third kappa shape index (κ3) is 2.96. The van der Waals surface area contributed by atoms with Gasteiger partial charge in [-0.3, -0.25) is 4.90 Å². The Balaban J connectivity index is 2.42. The van der Waals surface area contributed by atoms with Gasteiger partial charge < -0.3 is 5.73 Å².